The maximum absolute atomic E-state index is 12.2. The molecular weight excluding hydrogens is 228 g/mol. The fourth-order valence-electron chi connectivity index (χ4n) is 2.86. The summed E-state index contributed by atoms with van der Waals surface area (Å²) in [5.41, 5.74) is 0. The first-order valence-electron chi connectivity index (χ1n) is 7.34. The molecule has 1 atom stereocenters. The number of piperidine rings is 1. The molecule has 2 aliphatic heterocycles. The molecule has 0 saturated carbocycles. The molecule has 0 aromatic carbocycles. The Morgan fingerprint density at radius 3 is 2.72 bits per heavy atom. The number of rotatable bonds is 4. The van der Waals surface area contributed by atoms with Crippen molar-refractivity contribution >= 4 is 5.91 Å². The van der Waals surface area contributed by atoms with Crippen LogP contribution in [0.4, 0.5) is 0 Å². The van der Waals surface area contributed by atoms with Gasteiger partial charge in [0.25, 0.3) is 0 Å². The molecule has 0 aliphatic carbocycles. The normalized spacial score (nSPS) is 25.9. The van der Waals surface area contributed by atoms with Gasteiger partial charge in [0.15, 0.2) is 0 Å². The molecule has 4 nitrogen and oxygen atoms in total. The molecule has 1 N–H and O–H groups in total. The van der Waals surface area contributed by atoms with Crippen molar-refractivity contribution in [1.82, 2.24) is 10.2 Å². The zero-order valence-corrected chi connectivity index (χ0v) is 11.5. The highest BCUT2D eigenvalue weighted by molar-refractivity contribution is 5.78. The number of hydrogen-bond donors (Lipinski definition) is 1. The molecule has 0 aromatic heterocycles. The van der Waals surface area contributed by atoms with Crippen molar-refractivity contribution in [1.29, 1.82) is 0 Å². The molecular formula is C14H26N2O2. The second-order valence-electron chi connectivity index (χ2n) is 5.56. The first-order valence-corrected chi connectivity index (χ1v) is 7.34. The van der Waals surface area contributed by atoms with Gasteiger partial charge in [0.2, 0.25) is 5.91 Å². The number of hydrogen-bond acceptors (Lipinski definition) is 3. The van der Waals surface area contributed by atoms with Crippen LogP contribution in [0.5, 0.6) is 0 Å². The van der Waals surface area contributed by atoms with Crippen molar-refractivity contribution in [2.24, 2.45) is 5.92 Å². The highest BCUT2D eigenvalue weighted by Crippen LogP contribution is 2.18. The van der Waals surface area contributed by atoms with Crippen molar-refractivity contribution in [3.05, 3.63) is 0 Å². The Morgan fingerprint density at radius 1 is 1.28 bits per heavy atom. The van der Waals surface area contributed by atoms with Crippen molar-refractivity contribution in [3.63, 3.8) is 0 Å². The van der Waals surface area contributed by atoms with Gasteiger partial charge in [-0.2, -0.15) is 0 Å². The van der Waals surface area contributed by atoms with Gasteiger partial charge in [0, 0.05) is 26.1 Å². The van der Waals surface area contributed by atoms with E-state index in [2.05, 4.69) is 5.32 Å². The number of nitrogens with zero attached hydrogens (tertiary/aromatic N) is 1. The Kier molecular flexibility index (Phi) is 5.45. The first kappa shape index (κ1) is 13.8. The average molecular weight is 254 g/mol. The van der Waals surface area contributed by atoms with Gasteiger partial charge in [-0.05, 0) is 51.6 Å². The van der Waals surface area contributed by atoms with Gasteiger partial charge >= 0.3 is 0 Å². The van der Waals surface area contributed by atoms with Gasteiger partial charge in [-0.3, -0.25) is 4.79 Å². The van der Waals surface area contributed by atoms with Crippen molar-refractivity contribution in [3.8, 4) is 0 Å². The molecule has 2 heterocycles. The van der Waals surface area contributed by atoms with Crippen LogP contribution in [-0.4, -0.2) is 50.2 Å². The maximum atomic E-state index is 12.2. The molecule has 18 heavy (non-hydrogen) atoms. The van der Waals surface area contributed by atoms with E-state index in [9.17, 15) is 4.79 Å². The second-order valence-corrected chi connectivity index (χ2v) is 5.56. The summed E-state index contributed by atoms with van der Waals surface area (Å²) in [5, 5.41) is 3.30. The maximum Gasteiger partial charge on any atom is 0.225 e. The molecule has 1 amide bonds. The molecule has 4 heteroatoms. The molecule has 2 fully saturated rings. The third-order valence-electron chi connectivity index (χ3n) is 4.13. The van der Waals surface area contributed by atoms with E-state index in [0.29, 0.717) is 12.0 Å². The van der Waals surface area contributed by atoms with Crippen LogP contribution in [0.25, 0.3) is 0 Å². The van der Waals surface area contributed by atoms with Crippen molar-refractivity contribution in [2.45, 2.75) is 44.6 Å². The zero-order valence-electron chi connectivity index (χ0n) is 11.5. The highest BCUT2D eigenvalue weighted by atomic mass is 16.5. The Labute approximate surface area is 110 Å². The quantitative estimate of drug-likeness (QED) is 0.824. The molecule has 0 radical (unpaired) electrons. The third kappa shape index (κ3) is 3.95. The van der Waals surface area contributed by atoms with Crippen molar-refractivity contribution in [2.75, 3.05) is 33.3 Å². The number of nitrogens with one attached hydrogen (secondary N) is 1. The molecule has 0 spiro atoms. The average Bonchev–Trinajstić information content (AvgIpc) is 2.46. The van der Waals surface area contributed by atoms with Crippen LogP contribution in [0.15, 0.2) is 0 Å². The lowest BCUT2D eigenvalue weighted by atomic mass is 9.96. The highest BCUT2D eigenvalue weighted by Gasteiger charge is 2.24. The smallest absolute Gasteiger partial charge is 0.225 e. The van der Waals surface area contributed by atoms with Crippen LogP contribution in [0, 0.1) is 5.92 Å². The summed E-state index contributed by atoms with van der Waals surface area (Å²) in [4.78, 5) is 14.1. The number of ether oxygens (including phenoxy) is 1. The minimum Gasteiger partial charge on any atom is -0.378 e. The number of amides is 1. The SMILES string of the molecule is CN(CC[C@@H]1CCCCO1)C(=O)C1CCNCC1. The molecule has 2 saturated heterocycles. The van der Waals surface area contributed by atoms with Gasteiger partial charge in [-0.25, -0.2) is 0 Å². The predicted molar refractivity (Wildman–Crippen MR) is 71.4 cm³/mol. The Hall–Kier alpha value is -0.610. The minimum atomic E-state index is 0.239. The summed E-state index contributed by atoms with van der Waals surface area (Å²) in [7, 11) is 1.94. The number of carbonyl (C=O) groups excluding carboxylic acids is 1. The topological polar surface area (TPSA) is 41.6 Å². The van der Waals surface area contributed by atoms with Crippen LogP contribution in [-0.2, 0) is 9.53 Å². The fourth-order valence-corrected chi connectivity index (χ4v) is 2.86. The summed E-state index contributed by atoms with van der Waals surface area (Å²) in [5.74, 6) is 0.566. The standard InChI is InChI=1S/C14H26N2O2/c1-16(10-7-13-4-2-3-11-18-13)14(17)12-5-8-15-9-6-12/h12-13,15H,2-11H2,1H3/t13-/m0/s1. The fraction of sp³-hybridized carbons (Fsp3) is 0.929. The minimum absolute atomic E-state index is 0.239. The zero-order chi connectivity index (χ0) is 12.8. The second kappa shape index (κ2) is 7.10. The van der Waals surface area contributed by atoms with Crippen LogP contribution in [0.2, 0.25) is 0 Å². The summed E-state index contributed by atoms with van der Waals surface area (Å²) >= 11 is 0. The van der Waals surface area contributed by atoms with Gasteiger partial charge in [-0.1, -0.05) is 0 Å². The van der Waals surface area contributed by atoms with Crippen LogP contribution in [0.3, 0.4) is 0 Å². The molecule has 0 aromatic rings. The van der Waals surface area contributed by atoms with Crippen LogP contribution >= 0.6 is 0 Å². The molecule has 104 valence electrons. The lowest BCUT2D eigenvalue weighted by Crippen LogP contribution is -2.40. The van der Waals surface area contributed by atoms with Gasteiger partial charge in [0.1, 0.15) is 0 Å². The Morgan fingerprint density at radius 2 is 2.06 bits per heavy atom. The number of carbonyl (C=O) groups is 1. The van der Waals surface area contributed by atoms with E-state index in [0.717, 1.165) is 51.9 Å². The summed E-state index contributed by atoms with van der Waals surface area (Å²) in [6, 6.07) is 0. The Bertz CT molecular complexity index is 259. The first-order chi connectivity index (χ1) is 8.77. The van der Waals surface area contributed by atoms with E-state index in [-0.39, 0.29) is 5.92 Å². The molecule has 0 bridgehead atoms. The van der Waals surface area contributed by atoms with Gasteiger partial charge in [0.05, 0.1) is 6.10 Å². The van der Waals surface area contributed by atoms with Crippen molar-refractivity contribution < 1.29 is 9.53 Å². The van der Waals surface area contributed by atoms with E-state index in [1.54, 1.807) is 0 Å². The van der Waals surface area contributed by atoms with Gasteiger partial charge in [-0.15, -0.1) is 0 Å². The van der Waals surface area contributed by atoms with E-state index in [1.165, 1.54) is 12.8 Å². The van der Waals surface area contributed by atoms with E-state index >= 15 is 0 Å². The van der Waals surface area contributed by atoms with E-state index in [4.69, 9.17) is 4.74 Å². The summed E-state index contributed by atoms with van der Waals surface area (Å²) < 4.78 is 5.71. The van der Waals surface area contributed by atoms with Crippen LogP contribution < -0.4 is 5.32 Å². The van der Waals surface area contributed by atoms with Gasteiger partial charge < -0.3 is 15.0 Å². The monoisotopic (exact) mass is 254 g/mol. The largest absolute Gasteiger partial charge is 0.378 e. The predicted octanol–water partition coefficient (Wildman–Crippen LogP) is 1.40. The molecule has 2 aliphatic rings. The summed E-state index contributed by atoms with van der Waals surface area (Å²) in [6.07, 6.45) is 6.98. The lowest BCUT2D eigenvalue weighted by Gasteiger charge is -2.29. The molecule has 2 rings (SSSR count). The Balaban J connectivity index is 1.69. The molecule has 0 unspecified atom stereocenters. The van der Waals surface area contributed by atoms with E-state index in [1.807, 2.05) is 11.9 Å². The lowest BCUT2D eigenvalue weighted by molar-refractivity contribution is -0.135. The van der Waals surface area contributed by atoms with Crippen LogP contribution in [0.1, 0.15) is 38.5 Å². The summed E-state index contributed by atoms with van der Waals surface area (Å²) in [6.45, 7) is 3.70. The van der Waals surface area contributed by atoms with E-state index < -0.39 is 0 Å². The third-order valence-corrected chi connectivity index (χ3v) is 4.13.